The fourth-order valence-corrected chi connectivity index (χ4v) is 2.95. The monoisotopic (exact) mass is 309 g/mol. The van der Waals surface area contributed by atoms with Gasteiger partial charge in [0, 0.05) is 25.7 Å². The number of nitriles is 1. The summed E-state index contributed by atoms with van der Waals surface area (Å²) in [5, 5.41) is 16.7. The lowest BCUT2D eigenvalue weighted by molar-refractivity contribution is -0.132. The van der Waals surface area contributed by atoms with Crippen LogP contribution in [0.1, 0.15) is 36.4 Å². The number of nitrogens with zero attached hydrogens (tertiary/aromatic N) is 5. The molecule has 1 aliphatic rings. The maximum Gasteiger partial charge on any atom is 0.222 e. The number of rotatable bonds is 4. The molecule has 0 atom stereocenters. The minimum atomic E-state index is 0.200. The Morgan fingerprint density at radius 2 is 2.00 bits per heavy atom. The van der Waals surface area contributed by atoms with Gasteiger partial charge in [-0.25, -0.2) is 4.68 Å². The number of likely N-dealkylation sites (tertiary alicyclic amines) is 1. The second-order valence-corrected chi connectivity index (χ2v) is 5.80. The van der Waals surface area contributed by atoms with Crippen molar-refractivity contribution < 1.29 is 4.79 Å². The molecule has 1 aliphatic heterocycles. The molecule has 1 aromatic carbocycles. The SMILES string of the molecule is N#Cc1ccc(CCC(=O)N2CCC(n3ccnn3)CC2)cc1. The predicted molar refractivity (Wildman–Crippen MR) is 84.4 cm³/mol. The quantitative estimate of drug-likeness (QED) is 0.865. The highest BCUT2D eigenvalue weighted by atomic mass is 16.2. The molecule has 2 aromatic rings. The van der Waals surface area contributed by atoms with Crippen molar-refractivity contribution in [2.24, 2.45) is 0 Å². The van der Waals surface area contributed by atoms with Crippen molar-refractivity contribution >= 4 is 5.91 Å². The topological polar surface area (TPSA) is 74.8 Å². The molecule has 0 saturated carbocycles. The summed E-state index contributed by atoms with van der Waals surface area (Å²) in [4.78, 5) is 14.3. The van der Waals surface area contributed by atoms with E-state index in [1.807, 2.05) is 27.9 Å². The Labute approximate surface area is 135 Å². The molecule has 6 nitrogen and oxygen atoms in total. The number of carbonyl (C=O) groups excluding carboxylic acids is 1. The highest BCUT2D eigenvalue weighted by Gasteiger charge is 2.23. The van der Waals surface area contributed by atoms with Gasteiger partial charge in [0.15, 0.2) is 0 Å². The summed E-state index contributed by atoms with van der Waals surface area (Å²) in [7, 11) is 0. The molecular formula is C17H19N5O. The minimum Gasteiger partial charge on any atom is -0.343 e. The van der Waals surface area contributed by atoms with Gasteiger partial charge < -0.3 is 4.90 Å². The van der Waals surface area contributed by atoms with Crippen molar-refractivity contribution in [2.75, 3.05) is 13.1 Å². The normalized spacial score (nSPS) is 15.3. The molecule has 23 heavy (non-hydrogen) atoms. The number of hydrogen-bond donors (Lipinski definition) is 0. The average Bonchev–Trinajstić information content (AvgIpc) is 3.15. The number of carbonyl (C=O) groups is 1. The Bertz CT molecular complexity index is 679. The minimum absolute atomic E-state index is 0.200. The van der Waals surface area contributed by atoms with E-state index in [-0.39, 0.29) is 5.91 Å². The molecule has 0 N–H and O–H groups in total. The maximum atomic E-state index is 12.3. The van der Waals surface area contributed by atoms with Crippen LogP contribution in [0.3, 0.4) is 0 Å². The van der Waals surface area contributed by atoms with E-state index in [1.165, 1.54) is 0 Å². The first-order valence-electron chi connectivity index (χ1n) is 7.89. The Hall–Kier alpha value is -2.68. The van der Waals surface area contributed by atoms with Gasteiger partial charge in [0.05, 0.1) is 23.9 Å². The van der Waals surface area contributed by atoms with Crippen LogP contribution in [-0.2, 0) is 11.2 Å². The average molecular weight is 309 g/mol. The van der Waals surface area contributed by atoms with Crippen molar-refractivity contribution in [1.82, 2.24) is 19.9 Å². The van der Waals surface area contributed by atoms with Gasteiger partial charge in [0.25, 0.3) is 0 Å². The third-order valence-corrected chi connectivity index (χ3v) is 4.34. The van der Waals surface area contributed by atoms with Gasteiger partial charge in [-0.05, 0) is 37.0 Å². The van der Waals surface area contributed by atoms with Crippen LogP contribution in [0.4, 0.5) is 0 Å². The summed E-state index contributed by atoms with van der Waals surface area (Å²) < 4.78 is 1.89. The number of piperidine rings is 1. The molecule has 1 amide bonds. The summed E-state index contributed by atoms with van der Waals surface area (Å²) in [6.07, 6.45) is 6.65. The first-order valence-corrected chi connectivity index (χ1v) is 7.89. The summed E-state index contributed by atoms with van der Waals surface area (Å²) in [6, 6.07) is 9.88. The van der Waals surface area contributed by atoms with Crippen LogP contribution in [0.15, 0.2) is 36.7 Å². The highest BCUT2D eigenvalue weighted by molar-refractivity contribution is 5.76. The molecular weight excluding hydrogens is 290 g/mol. The van der Waals surface area contributed by atoms with Crippen LogP contribution in [0.25, 0.3) is 0 Å². The molecule has 1 aromatic heterocycles. The van der Waals surface area contributed by atoms with Crippen LogP contribution in [0.5, 0.6) is 0 Å². The zero-order chi connectivity index (χ0) is 16.1. The van der Waals surface area contributed by atoms with E-state index in [2.05, 4.69) is 16.4 Å². The van der Waals surface area contributed by atoms with Gasteiger partial charge in [0.2, 0.25) is 5.91 Å². The van der Waals surface area contributed by atoms with E-state index in [1.54, 1.807) is 18.3 Å². The molecule has 6 heteroatoms. The first kappa shape index (κ1) is 15.2. The van der Waals surface area contributed by atoms with Gasteiger partial charge in [0.1, 0.15) is 0 Å². The van der Waals surface area contributed by atoms with Crippen molar-refractivity contribution in [3.05, 3.63) is 47.8 Å². The standard InChI is InChI=1S/C17H19N5O/c18-13-15-3-1-14(2-4-15)5-6-17(23)21-10-7-16(8-11-21)22-12-9-19-20-22/h1-4,9,12,16H,5-8,10-11H2. The maximum absolute atomic E-state index is 12.3. The number of benzene rings is 1. The Morgan fingerprint density at radius 1 is 1.26 bits per heavy atom. The van der Waals surface area contributed by atoms with Gasteiger partial charge in [-0.1, -0.05) is 17.3 Å². The lowest BCUT2D eigenvalue weighted by atomic mass is 10.0. The smallest absolute Gasteiger partial charge is 0.222 e. The Morgan fingerprint density at radius 3 is 2.61 bits per heavy atom. The third kappa shape index (κ3) is 3.75. The van der Waals surface area contributed by atoms with E-state index < -0.39 is 0 Å². The van der Waals surface area contributed by atoms with Gasteiger partial charge in [-0.15, -0.1) is 5.10 Å². The fraction of sp³-hybridized carbons (Fsp3) is 0.412. The van der Waals surface area contributed by atoms with Crippen molar-refractivity contribution in [3.8, 4) is 6.07 Å². The van der Waals surface area contributed by atoms with Gasteiger partial charge >= 0.3 is 0 Å². The summed E-state index contributed by atoms with van der Waals surface area (Å²) >= 11 is 0. The molecule has 118 valence electrons. The van der Waals surface area contributed by atoms with E-state index in [9.17, 15) is 4.79 Å². The third-order valence-electron chi connectivity index (χ3n) is 4.34. The first-order chi connectivity index (χ1) is 11.3. The van der Waals surface area contributed by atoms with Crippen molar-refractivity contribution in [2.45, 2.75) is 31.7 Å². The number of aromatic nitrogens is 3. The fourth-order valence-electron chi connectivity index (χ4n) is 2.95. The van der Waals surface area contributed by atoms with Crippen molar-refractivity contribution in [3.63, 3.8) is 0 Å². The second-order valence-electron chi connectivity index (χ2n) is 5.80. The van der Waals surface area contributed by atoms with Crippen LogP contribution in [-0.4, -0.2) is 38.9 Å². The zero-order valence-electron chi connectivity index (χ0n) is 12.9. The summed E-state index contributed by atoms with van der Waals surface area (Å²) in [5.74, 6) is 0.200. The molecule has 0 bridgehead atoms. The second kappa shape index (κ2) is 7.05. The lowest BCUT2D eigenvalue weighted by Gasteiger charge is -2.32. The van der Waals surface area contributed by atoms with E-state index >= 15 is 0 Å². The molecule has 1 fully saturated rings. The summed E-state index contributed by atoms with van der Waals surface area (Å²) in [6.45, 7) is 1.55. The molecule has 1 saturated heterocycles. The van der Waals surface area contributed by atoms with Crippen LogP contribution >= 0.6 is 0 Å². The molecule has 0 aliphatic carbocycles. The Balaban J connectivity index is 1.47. The van der Waals surface area contributed by atoms with E-state index in [0.29, 0.717) is 24.4 Å². The van der Waals surface area contributed by atoms with Gasteiger partial charge in [-0.2, -0.15) is 5.26 Å². The largest absolute Gasteiger partial charge is 0.343 e. The Kier molecular flexibility index (Phi) is 4.67. The molecule has 2 heterocycles. The van der Waals surface area contributed by atoms with E-state index in [4.69, 9.17) is 5.26 Å². The van der Waals surface area contributed by atoms with Crippen LogP contribution in [0.2, 0.25) is 0 Å². The van der Waals surface area contributed by atoms with Crippen molar-refractivity contribution in [1.29, 1.82) is 5.26 Å². The lowest BCUT2D eigenvalue weighted by Crippen LogP contribution is -2.39. The van der Waals surface area contributed by atoms with E-state index in [0.717, 1.165) is 31.5 Å². The predicted octanol–water partition coefficient (Wildman–Crippen LogP) is 1.95. The molecule has 3 rings (SSSR count). The van der Waals surface area contributed by atoms with Crippen LogP contribution in [0, 0.1) is 11.3 Å². The zero-order valence-corrected chi connectivity index (χ0v) is 12.9. The summed E-state index contributed by atoms with van der Waals surface area (Å²) in [5.41, 5.74) is 1.74. The van der Waals surface area contributed by atoms with Gasteiger partial charge in [-0.3, -0.25) is 4.79 Å². The highest BCUT2D eigenvalue weighted by Crippen LogP contribution is 2.21. The number of amides is 1. The number of aryl methyl sites for hydroxylation is 1. The molecule has 0 spiro atoms. The molecule has 0 radical (unpaired) electrons. The molecule has 0 unspecified atom stereocenters. The number of hydrogen-bond acceptors (Lipinski definition) is 4. The van der Waals surface area contributed by atoms with Crippen LogP contribution < -0.4 is 0 Å².